The topological polar surface area (TPSA) is 78.3 Å². The lowest BCUT2D eigenvalue weighted by Gasteiger charge is -2.28. The van der Waals surface area contributed by atoms with E-state index in [1.807, 2.05) is 73.7 Å². The molecule has 1 atom stereocenters. The number of hydrogen-bond donors (Lipinski definition) is 1. The number of thioether (sulfide) groups is 1. The lowest BCUT2D eigenvalue weighted by molar-refractivity contribution is -0.139. The molecule has 1 N–H and O–H groups in total. The van der Waals surface area contributed by atoms with Crippen LogP contribution in [0.5, 0.6) is 5.75 Å². The van der Waals surface area contributed by atoms with Crippen molar-refractivity contribution in [2.45, 2.75) is 50.1 Å². The van der Waals surface area contributed by atoms with Crippen molar-refractivity contribution >= 4 is 35.3 Å². The summed E-state index contributed by atoms with van der Waals surface area (Å²) in [5.74, 6) is 1.60. The van der Waals surface area contributed by atoms with Crippen LogP contribution in [0.15, 0.2) is 95.3 Å². The highest BCUT2D eigenvalue weighted by molar-refractivity contribution is 7.98. The maximum atomic E-state index is 13.3. The third-order valence-corrected chi connectivity index (χ3v) is 8.05. The zero-order chi connectivity index (χ0) is 28.6. The summed E-state index contributed by atoms with van der Waals surface area (Å²) in [7, 11) is 0. The largest absolute Gasteiger partial charge is 0.493 e. The first-order chi connectivity index (χ1) is 20.0. The highest BCUT2D eigenvalue weighted by Gasteiger charge is 2.35. The van der Waals surface area contributed by atoms with E-state index in [1.165, 1.54) is 17.3 Å². The first kappa shape index (κ1) is 28.8. The van der Waals surface area contributed by atoms with Gasteiger partial charge in [-0.15, -0.1) is 5.10 Å². The SMILES string of the molecule is CCCCOC(=O)C1=C(C)Nc2nc(SCc3ccccc3Cl)nn2C1c1ccc(OCCc2ccccc2)cc1. The van der Waals surface area contributed by atoms with Gasteiger partial charge in [0, 0.05) is 22.9 Å². The number of aromatic nitrogens is 3. The maximum Gasteiger partial charge on any atom is 0.338 e. The van der Waals surface area contributed by atoms with Crippen molar-refractivity contribution in [3.63, 3.8) is 0 Å². The number of allylic oxidation sites excluding steroid dienone is 1. The summed E-state index contributed by atoms with van der Waals surface area (Å²) in [6, 6.07) is 25.3. The standard InChI is InChI=1S/C32H33ClN4O3S/c1-3-4-19-40-30(38)28-22(2)34-31-35-32(41-21-25-12-8-9-13-27(25)33)36-37(31)29(28)24-14-16-26(17-15-24)39-20-18-23-10-6-5-7-11-23/h5-17,29H,3-4,18-21H2,1-2H3,(H,34,35,36). The summed E-state index contributed by atoms with van der Waals surface area (Å²) >= 11 is 7.85. The van der Waals surface area contributed by atoms with Gasteiger partial charge in [-0.05, 0) is 48.2 Å². The molecule has 0 amide bonds. The highest BCUT2D eigenvalue weighted by Crippen LogP contribution is 2.38. The van der Waals surface area contributed by atoms with Crippen LogP contribution in [0, 0.1) is 0 Å². The smallest absolute Gasteiger partial charge is 0.338 e. The van der Waals surface area contributed by atoms with Crippen molar-refractivity contribution in [3.05, 3.63) is 112 Å². The lowest BCUT2D eigenvalue weighted by Crippen LogP contribution is -2.29. The van der Waals surface area contributed by atoms with Gasteiger partial charge in [0.1, 0.15) is 11.8 Å². The van der Waals surface area contributed by atoms with Gasteiger partial charge in [-0.1, -0.05) is 97.4 Å². The molecule has 0 saturated heterocycles. The number of ether oxygens (including phenoxy) is 2. The molecular weight excluding hydrogens is 556 g/mol. The van der Waals surface area contributed by atoms with Gasteiger partial charge >= 0.3 is 5.97 Å². The Hall–Kier alpha value is -3.75. The Morgan fingerprint density at radius 1 is 1.02 bits per heavy atom. The van der Waals surface area contributed by atoms with Gasteiger partial charge in [-0.2, -0.15) is 4.98 Å². The normalized spacial score (nSPS) is 14.4. The predicted octanol–water partition coefficient (Wildman–Crippen LogP) is 7.48. The fraction of sp³-hybridized carbons (Fsp3) is 0.281. The number of carbonyl (C=O) groups excluding carboxylic acids is 1. The molecule has 2 heterocycles. The minimum Gasteiger partial charge on any atom is -0.493 e. The summed E-state index contributed by atoms with van der Waals surface area (Å²) in [5, 5.41) is 9.38. The van der Waals surface area contributed by atoms with Crippen LogP contribution in [0.2, 0.25) is 5.02 Å². The lowest BCUT2D eigenvalue weighted by atomic mass is 9.96. The summed E-state index contributed by atoms with van der Waals surface area (Å²) < 4.78 is 13.4. The summed E-state index contributed by atoms with van der Waals surface area (Å²) in [6.45, 7) is 4.88. The van der Waals surface area contributed by atoms with E-state index >= 15 is 0 Å². The molecule has 1 unspecified atom stereocenters. The minimum atomic E-state index is -0.499. The molecule has 1 aliphatic heterocycles. The molecule has 0 bridgehead atoms. The Kier molecular flexibility index (Phi) is 9.64. The predicted molar refractivity (Wildman–Crippen MR) is 163 cm³/mol. The van der Waals surface area contributed by atoms with Crippen LogP contribution in [0.3, 0.4) is 0 Å². The number of hydrogen-bond acceptors (Lipinski definition) is 7. The fourth-order valence-electron chi connectivity index (χ4n) is 4.59. The van der Waals surface area contributed by atoms with Crippen LogP contribution in [0.4, 0.5) is 5.95 Å². The number of carbonyl (C=O) groups is 1. The zero-order valence-electron chi connectivity index (χ0n) is 23.2. The molecule has 4 aromatic rings. The van der Waals surface area contributed by atoms with Crippen LogP contribution in [-0.4, -0.2) is 33.9 Å². The minimum absolute atomic E-state index is 0.358. The van der Waals surface area contributed by atoms with Crippen molar-refractivity contribution in [2.24, 2.45) is 0 Å². The summed E-state index contributed by atoms with van der Waals surface area (Å²) in [4.78, 5) is 18.1. The zero-order valence-corrected chi connectivity index (χ0v) is 24.8. The molecule has 9 heteroatoms. The van der Waals surface area contributed by atoms with Crippen molar-refractivity contribution in [1.29, 1.82) is 0 Å². The van der Waals surface area contributed by atoms with Crippen molar-refractivity contribution in [1.82, 2.24) is 14.8 Å². The van der Waals surface area contributed by atoms with Crippen LogP contribution >= 0.6 is 23.4 Å². The first-order valence-electron chi connectivity index (χ1n) is 13.8. The number of esters is 1. The second kappa shape index (κ2) is 13.7. The molecule has 0 spiro atoms. The van der Waals surface area contributed by atoms with E-state index in [-0.39, 0.29) is 5.97 Å². The van der Waals surface area contributed by atoms with Crippen LogP contribution < -0.4 is 10.1 Å². The van der Waals surface area contributed by atoms with Crippen molar-refractivity contribution < 1.29 is 14.3 Å². The van der Waals surface area contributed by atoms with Crippen LogP contribution in [-0.2, 0) is 21.7 Å². The van der Waals surface area contributed by atoms with Crippen molar-refractivity contribution in [3.8, 4) is 5.75 Å². The number of nitrogens with zero attached hydrogens (tertiary/aromatic N) is 3. The number of nitrogens with one attached hydrogen (secondary N) is 1. The maximum absolute atomic E-state index is 13.3. The average Bonchev–Trinajstić information content (AvgIpc) is 3.39. The van der Waals surface area contributed by atoms with Gasteiger partial charge in [0.15, 0.2) is 0 Å². The van der Waals surface area contributed by atoms with Crippen molar-refractivity contribution in [2.75, 3.05) is 18.5 Å². The molecule has 212 valence electrons. The van der Waals surface area contributed by atoms with E-state index in [2.05, 4.69) is 24.4 Å². The second-order valence-electron chi connectivity index (χ2n) is 9.75. The van der Waals surface area contributed by atoms with Crippen LogP contribution in [0.1, 0.15) is 49.4 Å². The van der Waals surface area contributed by atoms with E-state index in [0.29, 0.717) is 46.4 Å². The van der Waals surface area contributed by atoms with Crippen LogP contribution in [0.25, 0.3) is 0 Å². The third kappa shape index (κ3) is 7.13. The molecule has 1 aliphatic rings. The Labute approximate surface area is 249 Å². The monoisotopic (exact) mass is 588 g/mol. The van der Waals surface area contributed by atoms with E-state index in [0.717, 1.165) is 36.1 Å². The molecule has 1 aromatic heterocycles. The molecule has 7 nitrogen and oxygen atoms in total. The second-order valence-corrected chi connectivity index (χ2v) is 11.1. The van der Waals surface area contributed by atoms with Gasteiger partial charge in [-0.25, -0.2) is 9.48 Å². The number of halogens is 1. The van der Waals surface area contributed by atoms with E-state index in [4.69, 9.17) is 31.2 Å². The Morgan fingerprint density at radius 3 is 2.54 bits per heavy atom. The molecule has 5 rings (SSSR count). The highest BCUT2D eigenvalue weighted by atomic mass is 35.5. The van der Waals surface area contributed by atoms with Gasteiger partial charge in [0.2, 0.25) is 11.1 Å². The Balaban J connectivity index is 1.38. The molecule has 0 radical (unpaired) electrons. The molecule has 41 heavy (non-hydrogen) atoms. The Morgan fingerprint density at radius 2 is 1.78 bits per heavy atom. The molecule has 0 fully saturated rings. The van der Waals surface area contributed by atoms with Gasteiger partial charge in [0.25, 0.3) is 0 Å². The number of unbranched alkanes of at least 4 members (excludes halogenated alkanes) is 1. The molecular formula is C32H33ClN4O3S. The first-order valence-corrected chi connectivity index (χ1v) is 15.1. The van der Waals surface area contributed by atoms with Gasteiger partial charge in [-0.3, -0.25) is 0 Å². The number of rotatable bonds is 12. The van der Waals surface area contributed by atoms with E-state index < -0.39 is 6.04 Å². The summed E-state index contributed by atoms with van der Waals surface area (Å²) in [6.07, 6.45) is 2.57. The van der Waals surface area contributed by atoms with E-state index in [1.54, 1.807) is 4.68 Å². The molecule has 0 saturated carbocycles. The number of anilines is 1. The average molecular weight is 589 g/mol. The summed E-state index contributed by atoms with van der Waals surface area (Å²) in [5.41, 5.74) is 4.33. The van der Waals surface area contributed by atoms with Gasteiger partial charge in [0.05, 0.1) is 18.8 Å². The van der Waals surface area contributed by atoms with E-state index in [9.17, 15) is 4.79 Å². The number of fused-ring (bicyclic) bond motifs is 1. The number of benzene rings is 3. The molecule has 3 aromatic carbocycles. The van der Waals surface area contributed by atoms with Gasteiger partial charge < -0.3 is 14.8 Å². The fourth-order valence-corrected chi connectivity index (χ4v) is 5.70. The third-order valence-electron chi connectivity index (χ3n) is 6.80. The quantitative estimate of drug-likeness (QED) is 0.104. The molecule has 0 aliphatic carbocycles. The Bertz CT molecular complexity index is 1510.